The molecule has 1 amide bonds. The number of hydrogen-bond acceptors (Lipinski definition) is 10. The maximum absolute atomic E-state index is 13.1. The normalized spacial score (nSPS) is 17.9. The van der Waals surface area contributed by atoms with E-state index in [9.17, 15) is 35.1 Å². The van der Waals surface area contributed by atoms with Crippen molar-refractivity contribution in [3.8, 4) is 0 Å². The predicted molar refractivity (Wildman–Crippen MR) is 371 cm³/mol. The predicted octanol–water partition coefficient (Wildman–Crippen LogP) is 20.1. The Hall–Kier alpha value is -2.12. The summed E-state index contributed by atoms with van der Waals surface area (Å²) >= 11 is 0. The number of hydrogen-bond donors (Lipinski definition) is 6. The van der Waals surface area contributed by atoms with Crippen molar-refractivity contribution >= 4 is 11.9 Å². The first-order valence-corrected chi connectivity index (χ1v) is 38.3. The Kier molecular flexibility index (Phi) is 63.2. The van der Waals surface area contributed by atoms with Crippen molar-refractivity contribution in [2.45, 2.75) is 423 Å². The second-order valence-corrected chi connectivity index (χ2v) is 26.7. The molecule has 88 heavy (non-hydrogen) atoms. The molecule has 6 N–H and O–H groups in total. The van der Waals surface area contributed by atoms with Gasteiger partial charge in [-0.15, -0.1) is 0 Å². The standard InChI is InChI=1S/C77H145NO10/c1-3-5-7-9-11-13-15-44-47-51-55-59-63-70(80)69(68-87-77-76(85)75(84)74(83)71(67-79)88-77)78-72(81)64-60-56-52-48-45-41-39-37-35-33-31-29-27-25-23-21-19-17-16-18-20-22-24-26-28-30-32-34-36-38-40-42-46-50-54-58-62-66-86-73(82)65-61-57-53-49-43-14-12-10-8-6-4-2/h9,11,44,47,59,63,69-71,74-77,79-80,83-85H,3-8,10,12-43,45-46,48-58,60-62,64-68H2,1-2H3,(H,78,81)/b11-9+,47-44+,63-59+. The van der Waals surface area contributed by atoms with Crippen LogP contribution in [0.5, 0.6) is 0 Å². The van der Waals surface area contributed by atoms with Crippen LogP contribution in [0.25, 0.3) is 0 Å². The van der Waals surface area contributed by atoms with Crippen LogP contribution in [-0.2, 0) is 23.8 Å². The van der Waals surface area contributed by atoms with Crippen LogP contribution in [0, 0.1) is 0 Å². The van der Waals surface area contributed by atoms with E-state index in [0.717, 1.165) is 64.2 Å². The second-order valence-electron chi connectivity index (χ2n) is 26.7. The summed E-state index contributed by atoms with van der Waals surface area (Å²) in [7, 11) is 0. The van der Waals surface area contributed by atoms with E-state index in [1.165, 1.54) is 289 Å². The molecule has 1 heterocycles. The number of unbranched alkanes of at least 4 members (excludes halogenated alkanes) is 50. The summed E-state index contributed by atoms with van der Waals surface area (Å²) in [4.78, 5) is 25.1. The molecule has 0 aromatic heterocycles. The molecule has 0 saturated carbocycles. The minimum absolute atomic E-state index is 0.0171. The molecule has 7 atom stereocenters. The molecule has 0 bridgehead atoms. The van der Waals surface area contributed by atoms with Gasteiger partial charge < -0.3 is 45.1 Å². The smallest absolute Gasteiger partial charge is 0.305 e. The van der Waals surface area contributed by atoms with E-state index in [4.69, 9.17) is 14.2 Å². The molecule has 0 aromatic rings. The highest BCUT2D eigenvalue weighted by Crippen LogP contribution is 2.24. The monoisotopic (exact) mass is 1240 g/mol. The lowest BCUT2D eigenvalue weighted by Gasteiger charge is -2.40. The molecule has 11 heteroatoms. The Morgan fingerprint density at radius 2 is 0.739 bits per heavy atom. The van der Waals surface area contributed by atoms with Gasteiger partial charge in [0.05, 0.1) is 32.0 Å². The lowest BCUT2D eigenvalue weighted by Crippen LogP contribution is -2.60. The van der Waals surface area contributed by atoms with Gasteiger partial charge in [0.1, 0.15) is 24.4 Å². The first-order chi connectivity index (χ1) is 43.2. The third-order valence-corrected chi connectivity index (χ3v) is 18.2. The van der Waals surface area contributed by atoms with Gasteiger partial charge in [-0.2, -0.15) is 0 Å². The summed E-state index contributed by atoms with van der Waals surface area (Å²) < 4.78 is 16.7. The largest absolute Gasteiger partial charge is 0.466 e. The molecule has 7 unspecified atom stereocenters. The zero-order valence-electron chi connectivity index (χ0n) is 57.7. The maximum Gasteiger partial charge on any atom is 0.305 e. The molecule has 0 aromatic carbocycles. The van der Waals surface area contributed by atoms with E-state index in [1.807, 2.05) is 6.08 Å². The first kappa shape index (κ1) is 83.9. The van der Waals surface area contributed by atoms with E-state index in [0.29, 0.717) is 19.4 Å². The quantitative estimate of drug-likeness (QED) is 0.0195. The highest BCUT2D eigenvalue weighted by molar-refractivity contribution is 5.76. The molecule has 0 spiro atoms. The summed E-state index contributed by atoms with van der Waals surface area (Å²) in [6.07, 6.45) is 76.1. The lowest BCUT2D eigenvalue weighted by atomic mass is 9.99. The van der Waals surface area contributed by atoms with Gasteiger partial charge in [0, 0.05) is 12.8 Å². The van der Waals surface area contributed by atoms with Crippen molar-refractivity contribution in [2.24, 2.45) is 0 Å². The Balaban J connectivity index is 1.89. The van der Waals surface area contributed by atoms with Crippen molar-refractivity contribution in [1.29, 1.82) is 0 Å². The number of carbonyl (C=O) groups is 2. The van der Waals surface area contributed by atoms with E-state index in [2.05, 4.69) is 43.5 Å². The molecular weight excluding hydrogens is 1100 g/mol. The van der Waals surface area contributed by atoms with Crippen LogP contribution in [0.2, 0.25) is 0 Å². The molecule has 1 rings (SSSR count). The molecule has 1 aliphatic rings. The molecule has 11 nitrogen and oxygen atoms in total. The molecule has 1 aliphatic heterocycles. The summed E-state index contributed by atoms with van der Waals surface area (Å²) in [5, 5.41) is 54.4. The zero-order valence-corrected chi connectivity index (χ0v) is 57.7. The number of nitrogens with one attached hydrogen (secondary N) is 1. The number of allylic oxidation sites excluding steroid dienone is 5. The van der Waals surface area contributed by atoms with Crippen LogP contribution in [0.3, 0.4) is 0 Å². The van der Waals surface area contributed by atoms with Crippen molar-refractivity contribution in [2.75, 3.05) is 19.8 Å². The molecule has 1 saturated heterocycles. The van der Waals surface area contributed by atoms with Crippen LogP contribution in [0.1, 0.15) is 380 Å². The molecule has 0 aliphatic carbocycles. The maximum atomic E-state index is 13.1. The highest BCUT2D eigenvalue weighted by atomic mass is 16.7. The molecule has 518 valence electrons. The van der Waals surface area contributed by atoms with Gasteiger partial charge >= 0.3 is 5.97 Å². The Morgan fingerprint density at radius 1 is 0.409 bits per heavy atom. The van der Waals surface area contributed by atoms with Crippen LogP contribution >= 0.6 is 0 Å². The Labute approximate surface area is 543 Å². The van der Waals surface area contributed by atoms with Crippen LogP contribution < -0.4 is 5.32 Å². The Morgan fingerprint density at radius 3 is 1.11 bits per heavy atom. The van der Waals surface area contributed by atoms with Crippen molar-refractivity contribution < 1.29 is 49.3 Å². The highest BCUT2D eigenvalue weighted by Gasteiger charge is 2.44. The summed E-state index contributed by atoms with van der Waals surface area (Å²) in [6.45, 7) is 4.32. The summed E-state index contributed by atoms with van der Waals surface area (Å²) in [5.74, 6) is -0.173. The third-order valence-electron chi connectivity index (χ3n) is 18.2. The third kappa shape index (κ3) is 54.4. The number of amides is 1. The van der Waals surface area contributed by atoms with Gasteiger partial charge in [-0.25, -0.2) is 0 Å². The average Bonchev–Trinajstić information content (AvgIpc) is 3.64. The van der Waals surface area contributed by atoms with Crippen LogP contribution in [-0.4, -0.2) is 100 Å². The molecular formula is C77H145NO10. The topological polar surface area (TPSA) is 175 Å². The van der Waals surface area contributed by atoms with Crippen LogP contribution in [0.4, 0.5) is 0 Å². The minimum Gasteiger partial charge on any atom is -0.466 e. The fraction of sp³-hybridized carbons (Fsp3) is 0.896. The van der Waals surface area contributed by atoms with Crippen molar-refractivity contribution in [1.82, 2.24) is 5.32 Å². The lowest BCUT2D eigenvalue weighted by molar-refractivity contribution is -0.302. The first-order valence-electron chi connectivity index (χ1n) is 38.3. The summed E-state index contributed by atoms with van der Waals surface area (Å²) in [6, 6.07) is -0.830. The van der Waals surface area contributed by atoms with E-state index in [1.54, 1.807) is 6.08 Å². The second kappa shape index (κ2) is 66.3. The molecule has 1 fully saturated rings. The number of ether oxygens (including phenoxy) is 3. The number of aliphatic hydroxyl groups excluding tert-OH is 5. The fourth-order valence-corrected chi connectivity index (χ4v) is 12.2. The number of esters is 1. The van der Waals surface area contributed by atoms with Gasteiger partial charge in [0.2, 0.25) is 5.91 Å². The summed E-state index contributed by atoms with van der Waals surface area (Å²) in [5.41, 5.74) is 0. The van der Waals surface area contributed by atoms with E-state index in [-0.39, 0.29) is 18.5 Å². The van der Waals surface area contributed by atoms with Gasteiger partial charge in [0.25, 0.3) is 0 Å². The van der Waals surface area contributed by atoms with Crippen molar-refractivity contribution in [3.05, 3.63) is 36.5 Å². The van der Waals surface area contributed by atoms with Crippen LogP contribution in [0.15, 0.2) is 36.5 Å². The van der Waals surface area contributed by atoms with Gasteiger partial charge in [-0.05, 0) is 51.4 Å². The number of carbonyl (C=O) groups excluding carboxylic acids is 2. The van der Waals surface area contributed by atoms with Crippen molar-refractivity contribution in [3.63, 3.8) is 0 Å². The average molecular weight is 1250 g/mol. The van der Waals surface area contributed by atoms with E-state index < -0.39 is 49.5 Å². The number of aliphatic hydroxyl groups is 5. The SMILES string of the molecule is CCCC/C=C/CC/C=C/CC/C=C/C(O)C(COC1OC(CO)C(O)C(O)C1O)NC(=O)CCCCCCCCCCCCCCCCCCCCCCCCCCCCCCCCCCCCCCCOC(=O)CCCCCCCCCCCCC. The fourth-order valence-electron chi connectivity index (χ4n) is 12.2. The van der Waals surface area contributed by atoms with E-state index >= 15 is 0 Å². The zero-order chi connectivity index (χ0) is 63.7. The van der Waals surface area contributed by atoms with Gasteiger partial charge in [0.15, 0.2) is 6.29 Å². The van der Waals surface area contributed by atoms with Gasteiger partial charge in [-0.3, -0.25) is 9.59 Å². The molecule has 0 radical (unpaired) electrons. The Bertz CT molecular complexity index is 1560. The van der Waals surface area contributed by atoms with Gasteiger partial charge in [-0.1, -0.05) is 352 Å². The number of rotatable bonds is 68. The minimum atomic E-state index is -1.58.